The number of aliphatic hydroxyl groups excluding tert-OH is 1. The maximum Gasteiger partial charge on any atom is 0.0579 e. The molecule has 1 nitrogen and oxygen atoms in total. The minimum Gasteiger partial charge on any atom is -0.393 e. The van der Waals surface area contributed by atoms with Crippen LogP contribution in [0.5, 0.6) is 0 Å². The van der Waals surface area contributed by atoms with Gasteiger partial charge < -0.3 is 5.11 Å². The van der Waals surface area contributed by atoms with E-state index in [2.05, 4.69) is 6.58 Å². The van der Waals surface area contributed by atoms with Crippen molar-refractivity contribution in [1.29, 1.82) is 0 Å². The van der Waals surface area contributed by atoms with Gasteiger partial charge in [0, 0.05) is 0 Å². The number of aliphatic hydroxyl groups is 1. The highest BCUT2D eigenvalue weighted by Gasteiger charge is 2.50. The zero-order chi connectivity index (χ0) is 11.2. The van der Waals surface area contributed by atoms with E-state index in [0.29, 0.717) is 5.41 Å². The van der Waals surface area contributed by atoms with Gasteiger partial charge in [-0.25, -0.2) is 0 Å². The van der Waals surface area contributed by atoms with E-state index in [1.54, 1.807) is 0 Å². The van der Waals surface area contributed by atoms with Crippen molar-refractivity contribution >= 4 is 0 Å². The molecule has 4 saturated carbocycles. The molecule has 0 spiro atoms. The fourth-order valence-electron chi connectivity index (χ4n) is 5.32. The molecule has 0 radical (unpaired) electrons. The van der Waals surface area contributed by atoms with Gasteiger partial charge in [-0.2, -0.15) is 0 Å². The van der Waals surface area contributed by atoms with Crippen molar-refractivity contribution in [2.45, 2.75) is 57.5 Å². The predicted octanol–water partition coefficient (Wildman–Crippen LogP) is 3.53. The Labute approximate surface area is 98.9 Å². The summed E-state index contributed by atoms with van der Waals surface area (Å²) in [5, 5.41) is 10.0. The lowest BCUT2D eigenvalue weighted by Crippen LogP contribution is -2.47. The Bertz CT molecular complexity index is 246. The molecule has 0 aromatic heterocycles. The molecule has 4 aliphatic carbocycles. The van der Waals surface area contributed by atoms with Crippen molar-refractivity contribution in [3.63, 3.8) is 0 Å². The third-order valence-electron chi connectivity index (χ3n) is 5.27. The highest BCUT2D eigenvalue weighted by Crippen LogP contribution is 2.61. The van der Waals surface area contributed by atoms with E-state index in [0.717, 1.165) is 30.6 Å². The first-order valence-electron chi connectivity index (χ1n) is 6.98. The maximum absolute atomic E-state index is 10.0. The van der Waals surface area contributed by atoms with Gasteiger partial charge in [0.05, 0.1) is 6.10 Å². The molecule has 4 fully saturated rings. The fraction of sp³-hybridized carbons (Fsp3) is 0.867. The highest BCUT2D eigenvalue weighted by atomic mass is 16.3. The van der Waals surface area contributed by atoms with E-state index >= 15 is 0 Å². The second-order valence-electron chi connectivity index (χ2n) is 6.80. The molecule has 1 heteroatoms. The first-order chi connectivity index (χ1) is 7.69. The summed E-state index contributed by atoms with van der Waals surface area (Å²) in [4.78, 5) is 0. The van der Waals surface area contributed by atoms with E-state index in [4.69, 9.17) is 0 Å². The molecule has 4 rings (SSSR count). The first-order valence-corrected chi connectivity index (χ1v) is 6.98. The van der Waals surface area contributed by atoms with Crippen LogP contribution >= 0.6 is 0 Å². The summed E-state index contributed by atoms with van der Waals surface area (Å²) >= 11 is 0. The number of rotatable bonds is 4. The number of hydrogen-bond donors (Lipinski definition) is 1. The van der Waals surface area contributed by atoms with Crippen LogP contribution < -0.4 is 0 Å². The van der Waals surface area contributed by atoms with Crippen molar-refractivity contribution in [1.82, 2.24) is 0 Å². The van der Waals surface area contributed by atoms with Crippen molar-refractivity contribution in [2.75, 3.05) is 0 Å². The third kappa shape index (κ3) is 1.84. The fourth-order valence-corrected chi connectivity index (χ4v) is 5.32. The lowest BCUT2D eigenvalue weighted by molar-refractivity contribution is -0.0753. The average Bonchev–Trinajstić information content (AvgIpc) is 2.13. The largest absolute Gasteiger partial charge is 0.393 e. The molecule has 4 bridgehead atoms. The molecule has 16 heavy (non-hydrogen) atoms. The summed E-state index contributed by atoms with van der Waals surface area (Å²) < 4.78 is 0. The van der Waals surface area contributed by atoms with Gasteiger partial charge in [-0.05, 0) is 74.5 Å². The van der Waals surface area contributed by atoms with E-state index in [9.17, 15) is 5.11 Å². The number of hydrogen-bond acceptors (Lipinski definition) is 1. The summed E-state index contributed by atoms with van der Waals surface area (Å²) in [6, 6.07) is 0. The summed E-state index contributed by atoms with van der Waals surface area (Å²) in [6.07, 6.45) is 12.3. The van der Waals surface area contributed by atoms with Gasteiger partial charge in [-0.3, -0.25) is 0 Å². The van der Waals surface area contributed by atoms with Crippen LogP contribution in [0.2, 0.25) is 0 Å². The van der Waals surface area contributed by atoms with Crippen molar-refractivity contribution in [3.05, 3.63) is 12.7 Å². The summed E-state index contributed by atoms with van der Waals surface area (Å²) in [5.74, 6) is 3.01. The third-order valence-corrected chi connectivity index (χ3v) is 5.27. The molecule has 90 valence electrons. The maximum atomic E-state index is 10.0. The molecule has 0 aromatic rings. The Morgan fingerprint density at radius 3 is 2.06 bits per heavy atom. The van der Waals surface area contributed by atoms with Gasteiger partial charge in [0.15, 0.2) is 0 Å². The van der Waals surface area contributed by atoms with Gasteiger partial charge >= 0.3 is 0 Å². The molecule has 4 aliphatic rings. The summed E-state index contributed by atoms with van der Waals surface area (Å²) in [6.45, 7) is 3.73. The Morgan fingerprint density at radius 2 is 1.62 bits per heavy atom. The molecule has 0 aliphatic heterocycles. The highest BCUT2D eigenvalue weighted by molar-refractivity contribution is 5.02. The van der Waals surface area contributed by atoms with Gasteiger partial charge in [-0.1, -0.05) is 6.08 Å². The van der Waals surface area contributed by atoms with E-state index in [1.807, 2.05) is 6.08 Å². The molecule has 1 unspecified atom stereocenters. The summed E-state index contributed by atoms with van der Waals surface area (Å²) in [7, 11) is 0. The molecular formula is C15H24O. The predicted molar refractivity (Wildman–Crippen MR) is 66.0 cm³/mol. The Balaban J connectivity index is 1.71. The van der Waals surface area contributed by atoms with Gasteiger partial charge in [0.25, 0.3) is 0 Å². The minimum atomic E-state index is -0.131. The minimum absolute atomic E-state index is 0.131. The van der Waals surface area contributed by atoms with Crippen LogP contribution in [0.4, 0.5) is 0 Å². The average molecular weight is 220 g/mol. The van der Waals surface area contributed by atoms with Crippen LogP contribution in [0.25, 0.3) is 0 Å². The monoisotopic (exact) mass is 220 g/mol. The zero-order valence-corrected chi connectivity index (χ0v) is 10.2. The van der Waals surface area contributed by atoms with E-state index in [1.165, 1.54) is 38.5 Å². The van der Waals surface area contributed by atoms with Crippen LogP contribution in [-0.2, 0) is 0 Å². The lowest BCUT2D eigenvalue weighted by Gasteiger charge is -2.57. The molecule has 0 aromatic carbocycles. The Hall–Kier alpha value is -0.300. The quantitative estimate of drug-likeness (QED) is 0.719. The Kier molecular flexibility index (Phi) is 2.62. The van der Waals surface area contributed by atoms with Crippen LogP contribution in [0, 0.1) is 23.2 Å². The van der Waals surface area contributed by atoms with E-state index < -0.39 is 0 Å². The van der Waals surface area contributed by atoms with E-state index in [-0.39, 0.29) is 6.10 Å². The Morgan fingerprint density at radius 1 is 1.12 bits per heavy atom. The van der Waals surface area contributed by atoms with Crippen molar-refractivity contribution in [3.8, 4) is 0 Å². The van der Waals surface area contributed by atoms with Gasteiger partial charge in [0.2, 0.25) is 0 Å². The van der Waals surface area contributed by atoms with Crippen LogP contribution in [-0.4, -0.2) is 11.2 Å². The molecule has 0 amide bonds. The molecule has 1 N–H and O–H groups in total. The molecule has 1 atom stereocenters. The lowest BCUT2D eigenvalue weighted by atomic mass is 9.48. The normalized spacial score (nSPS) is 46.9. The standard InChI is InChI=1S/C15H24O/c1-2-3-14(16)10-15-7-11-4-12(8-15)6-13(5-11)9-15/h2,11-14,16H,1,3-10H2. The molecule has 0 heterocycles. The molecule has 0 saturated heterocycles. The van der Waals surface area contributed by atoms with Gasteiger partial charge in [0.1, 0.15) is 0 Å². The van der Waals surface area contributed by atoms with Gasteiger partial charge in [-0.15, -0.1) is 6.58 Å². The van der Waals surface area contributed by atoms with Crippen LogP contribution in [0.1, 0.15) is 51.4 Å². The SMILES string of the molecule is C=CCC(O)CC12CC3CC(CC(C3)C1)C2. The second-order valence-corrected chi connectivity index (χ2v) is 6.80. The first kappa shape index (κ1) is 10.8. The molecular weight excluding hydrogens is 196 g/mol. The van der Waals surface area contributed by atoms with Crippen LogP contribution in [0.3, 0.4) is 0 Å². The topological polar surface area (TPSA) is 20.2 Å². The summed E-state index contributed by atoms with van der Waals surface area (Å²) in [5.41, 5.74) is 0.525. The zero-order valence-electron chi connectivity index (χ0n) is 10.2. The van der Waals surface area contributed by atoms with Crippen molar-refractivity contribution < 1.29 is 5.11 Å². The smallest absolute Gasteiger partial charge is 0.0579 e. The van der Waals surface area contributed by atoms with Crippen molar-refractivity contribution in [2.24, 2.45) is 23.2 Å². The van der Waals surface area contributed by atoms with Crippen LogP contribution in [0.15, 0.2) is 12.7 Å². The second kappa shape index (κ2) is 3.87.